The molecule has 1 atom stereocenters. The molecule has 5 heteroatoms. The maximum atomic E-state index is 9.17. The van der Waals surface area contributed by atoms with Gasteiger partial charge in [0.2, 0.25) is 11.8 Å². The van der Waals surface area contributed by atoms with Gasteiger partial charge in [0, 0.05) is 11.3 Å². The fraction of sp³-hybridized carbons (Fsp3) is 0.176. The van der Waals surface area contributed by atoms with E-state index in [-0.39, 0.29) is 12.6 Å². The van der Waals surface area contributed by atoms with Crippen molar-refractivity contribution in [2.75, 3.05) is 5.32 Å². The van der Waals surface area contributed by atoms with Crippen LogP contribution in [0.15, 0.2) is 59.0 Å². The Morgan fingerprint density at radius 1 is 1.09 bits per heavy atom. The Hall–Kier alpha value is -2.66. The Labute approximate surface area is 128 Å². The summed E-state index contributed by atoms with van der Waals surface area (Å²) in [7, 11) is 0. The summed E-state index contributed by atoms with van der Waals surface area (Å²) in [6.07, 6.45) is 0. The summed E-state index contributed by atoms with van der Waals surface area (Å²) in [5.74, 6) is 1.03. The normalized spacial score (nSPS) is 12.1. The van der Waals surface area contributed by atoms with Gasteiger partial charge in [0.05, 0.1) is 6.61 Å². The summed E-state index contributed by atoms with van der Waals surface area (Å²) >= 11 is 0. The molecule has 1 unspecified atom stereocenters. The van der Waals surface area contributed by atoms with Crippen molar-refractivity contribution in [1.82, 2.24) is 10.2 Å². The van der Waals surface area contributed by atoms with Gasteiger partial charge in [-0.2, -0.15) is 0 Å². The summed E-state index contributed by atoms with van der Waals surface area (Å²) < 4.78 is 5.73. The zero-order chi connectivity index (χ0) is 15.4. The zero-order valence-electron chi connectivity index (χ0n) is 12.2. The standard InChI is InChI=1S/C17H17N3O2/c1-12(18-15-9-5-6-13(10-15)11-21)16-19-20-17(22-16)14-7-3-2-4-8-14/h2-10,12,18,21H,11H2,1H3. The maximum Gasteiger partial charge on any atom is 0.247 e. The van der Waals surface area contributed by atoms with Gasteiger partial charge in [-0.15, -0.1) is 10.2 Å². The van der Waals surface area contributed by atoms with Crippen LogP contribution in [-0.2, 0) is 6.61 Å². The predicted octanol–water partition coefficient (Wildman–Crippen LogP) is 3.40. The lowest BCUT2D eigenvalue weighted by Gasteiger charge is -2.12. The van der Waals surface area contributed by atoms with Crippen molar-refractivity contribution in [2.45, 2.75) is 19.6 Å². The fourth-order valence-electron chi connectivity index (χ4n) is 2.18. The number of aliphatic hydroxyl groups is 1. The Morgan fingerprint density at radius 3 is 2.68 bits per heavy atom. The van der Waals surface area contributed by atoms with Crippen LogP contribution in [0.4, 0.5) is 5.69 Å². The molecule has 0 bridgehead atoms. The molecule has 1 heterocycles. The number of nitrogens with zero attached hydrogens (tertiary/aromatic N) is 2. The topological polar surface area (TPSA) is 71.2 Å². The first-order valence-corrected chi connectivity index (χ1v) is 7.11. The van der Waals surface area contributed by atoms with Crippen LogP contribution in [0.1, 0.15) is 24.4 Å². The third kappa shape index (κ3) is 3.15. The second-order valence-electron chi connectivity index (χ2n) is 5.04. The van der Waals surface area contributed by atoms with Gasteiger partial charge in [0.1, 0.15) is 6.04 Å². The van der Waals surface area contributed by atoms with Crippen molar-refractivity contribution in [3.63, 3.8) is 0 Å². The zero-order valence-corrected chi connectivity index (χ0v) is 12.2. The van der Waals surface area contributed by atoms with Crippen molar-refractivity contribution in [1.29, 1.82) is 0 Å². The number of aliphatic hydroxyl groups excluding tert-OH is 1. The first kappa shape index (κ1) is 14.3. The Balaban J connectivity index is 1.75. The monoisotopic (exact) mass is 295 g/mol. The van der Waals surface area contributed by atoms with Crippen molar-refractivity contribution >= 4 is 5.69 Å². The van der Waals surface area contributed by atoms with Crippen LogP contribution in [0.25, 0.3) is 11.5 Å². The number of rotatable bonds is 5. The second kappa shape index (κ2) is 6.41. The van der Waals surface area contributed by atoms with E-state index < -0.39 is 0 Å². The third-order valence-corrected chi connectivity index (χ3v) is 3.32. The third-order valence-electron chi connectivity index (χ3n) is 3.32. The minimum Gasteiger partial charge on any atom is -0.418 e. The molecule has 2 aromatic carbocycles. The molecule has 0 aliphatic heterocycles. The van der Waals surface area contributed by atoms with Gasteiger partial charge in [0.25, 0.3) is 0 Å². The van der Waals surface area contributed by atoms with E-state index in [9.17, 15) is 5.11 Å². The minimum absolute atomic E-state index is 0.0165. The molecule has 0 aliphatic rings. The van der Waals surface area contributed by atoms with Gasteiger partial charge in [0.15, 0.2) is 0 Å². The summed E-state index contributed by atoms with van der Waals surface area (Å²) in [6, 6.07) is 17.1. The SMILES string of the molecule is CC(Nc1cccc(CO)c1)c1nnc(-c2ccccc2)o1. The van der Waals surface area contributed by atoms with Gasteiger partial charge < -0.3 is 14.8 Å². The predicted molar refractivity (Wildman–Crippen MR) is 84.1 cm³/mol. The van der Waals surface area contributed by atoms with Crippen LogP contribution in [0.5, 0.6) is 0 Å². The van der Waals surface area contributed by atoms with Crippen molar-refractivity contribution in [3.05, 3.63) is 66.1 Å². The van der Waals surface area contributed by atoms with E-state index in [1.807, 2.05) is 61.5 Å². The highest BCUT2D eigenvalue weighted by Gasteiger charge is 2.14. The first-order chi connectivity index (χ1) is 10.8. The minimum atomic E-state index is -0.126. The molecule has 112 valence electrons. The Morgan fingerprint density at radius 2 is 1.91 bits per heavy atom. The molecule has 1 aromatic heterocycles. The van der Waals surface area contributed by atoms with Crippen LogP contribution in [0.2, 0.25) is 0 Å². The van der Waals surface area contributed by atoms with E-state index in [4.69, 9.17) is 4.42 Å². The molecular formula is C17H17N3O2. The van der Waals surface area contributed by atoms with Crippen LogP contribution in [0.3, 0.4) is 0 Å². The molecule has 2 N–H and O–H groups in total. The molecule has 5 nitrogen and oxygen atoms in total. The smallest absolute Gasteiger partial charge is 0.247 e. The number of aromatic nitrogens is 2. The molecule has 3 aromatic rings. The number of nitrogens with one attached hydrogen (secondary N) is 1. The van der Waals surface area contributed by atoms with Crippen LogP contribution in [0, 0.1) is 0 Å². The first-order valence-electron chi connectivity index (χ1n) is 7.11. The second-order valence-corrected chi connectivity index (χ2v) is 5.04. The van der Waals surface area contributed by atoms with Crippen LogP contribution in [-0.4, -0.2) is 15.3 Å². The molecule has 0 saturated heterocycles. The van der Waals surface area contributed by atoms with E-state index >= 15 is 0 Å². The lowest BCUT2D eigenvalue weighted by atomic mass is 10.2. The molecule has 22 heavy (non-hydrogen) atoms. The highest BCUT2D eigenvalue weighted by atomic mass is 16.4. The molecule has 0 aliphatic carbocycles. The largest absolute Gasteiger partial charge is 0.418 e. The lowest BCUT2D eigenvalue weighted by Crippen LogP contribution is -2.07. The summed E-state index contributed by atoms with van der Waals surface area (Å²) in [5.41, 5.74) is 2.65. The Kier molecular flexibility index (Phi) is 4.16. The molecule has 0 saturated carbocycles. The molecule has 0 amide bonds. The van der Waals surface area contributed by atoms with E-state index in [1.165, 1.54) is 0 Å². The van der Waals surface area contributed by atoms with Crippen LogP contribution >= 0.6 is 0 Å². The highest BCUT2D eigenvalue weighted by Crippen LogP contribution is 2.23. The van der Waals surface area contributed by atoms with E-state index in [2.05, 4.69) is 15.5 Å². The molecular weight excluding hydrogens is 278 g/mol. The average molecular weight is 295 g/mol. The number of hydrogen-bond acceptors (Lipinski definition) is 5. The van der Waals surface area contributed by atoms with Crippen molar-refractivity contribution in [2.24, 2.45) is 0 Å². The van der Waals surface area contributed by atoms with Gasteiger partial charge in [-0.3, -0.25) is 0 Å². The fourth-order valence-corrected chi connectivity index (χ4v) is 2.18. The van der Waals surface area contributed by atoms with Gasteiger partial charge >= 0.3 is 0 Å². The quantitative estimate of drug-likeness (QED) is 0.755. The molecule has 3 rings (SSSR count). The van der Waals surface area contributed by atoms with E-state index in [0.717, 1.165) is 16.8 Å². The maximum absolute atomic E-state index is 9.17. The number of hydrogen-bond donors (Lipinski definition) is 2. The average Bonchev–Trinajstić information content (AvgIpc) is 3.06. The van der Waals surface area contributed by atoms with Crippen molar-refractivity contribution < 1.29 is 9.52 Å². The highest BCUT2D eigenvalue weighted by molar-refractivity contribution is 5.52. The van der Waals surface area contributed by atoms with E-state index in [1.54, 1.807) is 0 Å². The van der Waals surface area contributed by atoms with Gasteiger partial charge in [-0.25, -0.2) is 0 Å². The number of anilines is 1. The number of benzene rings is 2. The summed E-state index contributed by atoms with van der Waals surface area (Å²) in [4.78, 5) is 0. The van der Waals surface area contributed by atoms with E-state index in [0.29, 0.717) is 11.8 Å². The van der Waals surface area contributed by atoms with Crippen molar-refractivity contribution in [3.8, 4) is 11.5 Å². The summed E-state index contributed by atoms with van der Waals surface area (Å²) in [6.45, 7) is 1.97. The molecule has 0 radical (unpaired) electrons. The molecule has 0 fully saturated rings. The summed E-state index contributed by atoms with van der Waals surface area (Å²) in [5, 5.41) is 20.7. The van der Waals surface area contributed by atoms with Gasteiger partial charge in [-0.05, 0) is 36.8 Å². The van der Waals surface area contributed by atoms with Crippen LogP contribution < -0.4 is 5.32 Å². The lowest BCUT2D eigenvalue weighted by molar-refractivity contribution is 0.282. The van der Waals surface area contributed by atoms with Gasteiger partial charge in [-0.1, -0.05) is 30.3 Å². The molecule has 0 spiro atoms. The Bertz CT molecular complexity index is 740.